The quantitative estimate of drug-likeness (QED) is 0.844. The monoisotopic (exact) mass is 371 g/mol. The first-order valence-electron chi connectivity index (χ1n) is 5.97. The summed E-state index contributed by atoms with van der Waals surface area (Å²) in [6.45, 7) is 0. The molecular weight excluding hydrogens is 358 g/mol. The van der Waals surface area contributed by atoms with Crippen molar-refractivity contribution in [3.05, 3.63) is 41.0 Å². The molecular formula is C13H14BrN3O3S. The van der Waals surface area contributed by atoms with Crippen LogP contribution in [-0.4, -0.2) is 27.6 Å². The van der Waals surface area contributed by atoms with Crippen LogP contribution in [0.25, 0.3) is 0 Å². The molecule has 1 heterocycles. The zero-order chi connectivity index (χ0) is 15.5. The van der Waals surface area contributed by atoms with Crippen LogP contribution >= 0.6 is 15.9 Å². The van der Waals surface area contributed by atoms with Gasteiger partial charge in [0.05, 0.1) is 17.3 Å². The minimum atomic E-state index is -3.73. The Hall–Kier alpha value is -1.80. The molecule has 0 aliphatic heterocycles. The van der Waals surface area contributed by atoms with E-state index in [1.165, 1.54) is 12.3 Å². The summed E-state index contributed by atoms with van der Waals surface area (Å²) in [5.74, 6) is 0.910. The van der Waals surface area contributed by atoms with Crippen LogP contribution < -0.4 is 14.8 Å². The fourth-order valence-corrected chi connectivity index (χ4v) is 3.49. The highest BCUT2D eigenvalue weighted by molar-refractivity contribution is 9.10. The van der Waals surface area contributed by atoms with Gasteiger partial charge in [0.1, 0.15) is 16.5 Å². The number of aromatic nitrogens is 1. The Bertz CT molecular complexity index is 750. The Morgan fingerprint density at radius 1 is 1.29 bits per heavy atom. The Morgan fingerprint density at radius 2 is 2.05 bits per heavy atom. The normalized spacial score (nSPS) is 11.0. The lowest BCUT2D eigenvalue weighted by atomic mass is 10.3. The number of anilines is 2. The second kappa shape index (κ2) is 6.31. The lowest BCUT2D eigenvalue weighted by Gasteiger charge is -2.12. The van der Waals surface area contributed by atoms with E-state index in [2.05, 4.69) is 31.0 Å². The summed E-state index contributed by atoms with van der Waals surface area (Å²) in [5.41, 5.74) is 0.425. The lowest BCUT2D eigenvalue weighted by Crippen LogP contribution is -2.15. The maximum absolute atomic E-state index is 12.4. The van der Waals surface area contributed by atoms with E-state index in [-0.39, 0.29) is 10.7 Å². The smallest absolute Gasteiger partial charge is 0.265 e. The van der Waals surface area contributed by atoms with Gasteiger partial charge in [-0.25, -0.2) is 13.4 Å². The van der Waals surface area contributed by atoms with Crippen molar-refractivity contribution in [3.63, 3.8) is 0 Å². The average molecular weight is 372 g/mol. The third kappa shape index (κ3) is 3.45. The SMILES string of the molecule is CNc1ncccc1S(=O)(=O)Nc1ccc(OC)c(Br)c1. The molecule has 1 aromatic carbocycles. The van der Waals surface area contributed by atoms with E-state index in [0.717, 1.165) is 0 Å². The molecule has 0 fully saturated rings. The first-order chi connectivity index (χ1) is 9.97. The molecule has 2 aromatic rings. The minimum absolute atomic E-state index is 0.0828. The molecule has 0 bridgehead atoms. The van der Waals surface area contributed by atoms with Gasteiger partial charge in [0.25, 0.3) is 10.0 Å². The molecule has 0 amide bonds. The molecule has 0 spiro atoms. The van der Waals surface area contributed by atoms with Crippen LogP contribution in [0, 0.1) is 0 Å². The summed E-state index contributed by atoms with van der Waals surface area (Å²) in [6, 6.07) is 7.98. The molecule has 0 aliphatic rings. The number of hydrogen-bond acceptors (Lipinski definition) is 5. The fraction of sp³-hybridized carbons (Fsp3) is 0.154. The molecule has 1 aromatic heterocycles. The van der Waals surface area contributed by atoms with Crippen molar-refractivity contribution >= 4 is 37.5 Å². The lowest BCUT2D eigenvalue weighted by molar-refractivity contribution is 0.412. The molecule has 2 N–H and O–H groups in total. The van der Waals surface area contributed by atoms with Gasteiger partial charge in [0, 0.05) is 13.2 Å². The van der Waals surface area contributed by atoms with E-state index in [9.17, 15) is 8.42 Å². The molecule has 8 heteroatoms. The Balaban J connectivity index is 2.35. The largest absolute Gasteiger partial charge is 0.496 e. The number of hydrogen-bond donors (Lipinski definition) is 2. The number of nitrogens with zero attached hydrogens (tertiary/aromatic N) is 1. The number of halogens is 1. The summed E-state index contributed by atoms with van der Waals surface area (Å²) < 4.78 is 33.1. The van der Waals surface area contributed by atoms with E-state index in [1.807, 2.05) is 0 Å². The van der Waals surface area contributed by atoms with Gasteiger partial charge in [-0.05, 0) is 46.3 Å². The van der Waals surface area contributed by atoms with Crippen molar-refractivity contribution in [2.75, 3.05) is 24.2 Å². The van der Waals surface area contributed by atoms with Crippen LogP contribution in [-0.2, 0) is 10.0 Å². The molecule has 0 saturated heterocycles. The third-order valence-corrected chi connectivity index (χ3v) is 4.73. The predicted octanol–water partition coefficient (Wildman–Crippen LogP) is 2.70. The van der Waals surface area contributed by atoms with E-state index < -0.39 is 10.0 Å². The molecule has 0 radical (unpaired) electrons. The van der Waals surface area contributed by atoms with E-state index in [1.54, 1.807) is 38.4 Å². The number of benzene rings is 1. The van der Waals surface area contributed by atoms with Crippen molar-refractivity contribution < 1.29 is 13.2 Å². The van der Waals surface area contributed by atoms with Crippen molar-refractivity contribution in [1.29, 1.82) is 0 Å². The number of methoxy groups -OCH3 is 1. The van der Waals surface area contributed by atoms with Gasteiger partial charge in [-0.2, -0.15) is 0 Å². The van der Waals surface area contributed by atoms with Gasteiger partial charge in [0.15, 0.2) is 0 Å². The maximum Gasteiger partial charge on any atom is 0.265 e. The van der Waals surface area contributed by atoms with Crippen LogP contribution in [0.15, 0.2) is 45.9 Å². The fourth-order valence-electron chi connectivity index (χ4n) is 1.74. The summed E-state index contributed by atoms with van der Waals surface area (Å²) in [4.78, 5) is 4.07. The number of ether oxygens (including phenoxy) is 1. The van der Waals surface area contributed by atoms with Crippen LogP contribution in [0.1, 0.15) is 0 Å². The summed E-state index contributed by atoms with van der Waals surface area (Å²) in [5, 5.41) is 2.76. The molecule has 112 valence electrons. The molecule has 21 heavy (non-hydrogen) atoms. The van der Waals surface area contributed by atoms with Gasteiger partial charge < -0.3 is 10.1 Å². The van der Waals surface area contributed by atoms with E-state index in [0.29, 0.717) is 15.9 Å². The van der Waals surface area contributed by atoms with Gasteiger partial charge in [-0.15, -0.1) is 0 Å². The minimum Gasteiger partial charge on any atom is -0.496 e. The van der Waals surface area contributed by atoms with Gasteiger partial charge in [0.2, 0.25) is 0 Å². The summed E-state index contributed by atoms with van der Waals surface area (Å²) in [7, 11) is -0.572. The maximum atomic E-state index is 12.4. The highest BCUT2D eigenvalue weighted by Crippen LogP contribution is 2.29. The first kappa shape index (κ1) is 15.6. The van der Waals surface area contributed by atoms with E-state index >= 15 is 0 Å². The number of sulfonamides is 1. The van der Waals surface area contributed by atoms with Gasteiger partial charge in [-0.3, -0.25) is 4.72 Å². The Kier molecular flexibility index (Phi) is 4.69. The summed E-state index contributed by atoms with van der Waals surface area (Å²) in [6.07, 6.45) is 1.52. The van der Waals surface area contributed by atoms with Crippen molar-refractivity contribution in [2.24, 2.45) is 0 Å². The number of pyridine rings is 1. The highest BCUT2D eigenvalue weighted by Gasteiger charge is 2.19. The molecule has 0 aliphatic carbocycles. The second-order valence-corrected chi connectivity index (χ2v) is 6.56. The van der Waals surface area contributed by atoms with Crippen molar-refractivity contribution in [3.8, 4) is 5.75 Å². The molecule has 0 saturated carbocycles. The predicted molar refractivity (Wildman–Crippen MR) is 85.3 cm³/mol. The zero-order valence-corrected chi connectivity index (χ0v) is 13.8. The molecule has 2 rings (SSSR count). The molecule has 0 unspecified atom stereocenters. The van der Waals surface area contributed by atoms with Crippen molar-refractivity contribution in [1.82, 2.24) is 4.98 Å². The van der Waals surface area contributed by atoms with Gasteiger partial charge >= 0.3 is 0 Å². The topological polar surface area (TPSA) is 80.3 Å². The third-order valence-electron chi connectivity index (χ3n) is 2.70. The Labute approximate surface area is 131 Å². The average Bonchev–Trinajstić information content (AvgIpc) is 2.47. The van der Waals surface area contributed by atoms with E-state index in [4.69, 9.17) is 4.74 Å². The molecule has 6 nitrogen and oxygen atoms in total. The van der Waals surface area contributed by atoms with Crippen LogP contribution in [0.2, 0.25) is 0 Å². The zero-order valence-electron chi connectivity index (χ0n) is 11.4. The first-order valence-corrected chi connectivity index (χ1v) is 8.24. The number of nitrogens with one attached hydrogen (secondary N) is 2. The molecule has 0 atom stereocenters. The van der Waals surface area contributed by atoms with Crippen LogP contribution in [0.5, 0.6) is 5.75 Å². The summed E-state index contributed by atoms with van der Waals surface area (Å²) >= 11 is 3.31. The highest BCUT2D eigenvalue weighted by atomic mass is 79.9. The van der Waals surface area contributed by atoms with Crippen LogP contribution in [0.4, 0.5) is 11.5 Å². The van der Waals surface area contributed by atoms with Gasteiger partial charge in [-0.1, -0.05) is 0 Å². The van der Waals surface area contributed by atoms with Crippen LogP contribution in [0.3, 0.4) is 0 Å². The van der Waals surface area contributed by atoms with Crippen molar-refractivity contribution in [2.45, 2.75) is 4.90 Å². The standard InChI is InChI=1S/C13H14BrN3O3S/c1-15-13-12(4-3-7-16-13)21(18,19)17-9-5-6-11(20-2)10(14)8-9/h3-8,17H,1-2H3,(H,15,16). The second-order valence-electron chi connectivity index (χ2n) is 4.05. The number of rotatable bonds is 5. The Morgan fingerprint density at radius 3 is 2.67 bits per heavy atom.